The molecule has 146 valence electrons. The molecule has 3 heteroatoms. The molecule has 28 heavy (non-hydrogen) atoms. The second-order valence-electron chi connectivity index (χ2n) is 7.35. The second kappa shape index (κ2) is 10.1. The molecule has 0 saturated heterocycles. The topological polar surface area (TPSA) is 32.7 Å². The first-order chi connectivity index (χ1) is 13.6. The zero-order valence-corrected chi connectivity index (χ0v) is 16.7. The van der Waals surface area contributed by atoms with Crippen LogP contribution in [0.2, 0.25) is 0 Å². The normalized spacial score (nSPS) is 12.1. The molecule has 1 unspecified atom stereocenters. The molecule has 0 amide bonds. The molecule has 0 spiro atoms. The molecule has 0 saturated carbocycles. The Kier molecular flexibility index (Phi) is 7.24. The number of aryl methyl sites for hydroxylation is 1. The van der Waals surface area contributed by atoms with E-state index in [2.05, 4.69) is 60.4 Å². The van der Waals surface area contributed by atoms with Crippen LogP contribution in [-0.2, 0) is 19.5 Å². The SMILES string of the molecule is COc1ccc(CN(Cc2cccc(C)c2)CC(O)Cc2ccccc2)cc1. The maximum absolute atomic E-state index is 10.7. The van der Waals surface area contributed by atoms with Gasteiger partial charge in [0.2, 0.25) is 0 Å². The van der Waals surface area contributed by atoms with E-state index in [1.54, 1.807) is 7.11 Å². The van der Waals surface area contributed by atoms with Crippen molar-refractivity contribution >= 4 is 0 Å². The Bertz CT molecular complexity index is 846. The quantitative estimate of drug-likeness (QED) is 0.593. The Morgan fingerprint density at radius 2 is 1.50 bits per heavy atom. The Morgan fingerprint density at radius 3 is 2.18 bits per heavy atom. The van der Waals surface area contributed by atoms with E-state index in [9.17, 15) is 5.11 Å². The van der Waals surface area contributed by atoms with Crippen LogP contribution in [0.15, 0.2) is 78.9 Å². The van der Waals surface area contributed by atoms with E-state index in [0.29, 0.717) is 13.0 Å². The van der Waals surface area contributed by atoms with E-state index >= 15 is 0 Å². The van der Waals surface area contributed by atoms with Crippen LogP contribution in [0.5, 0.6) is 5.75 Å². The molecule has 1 atom stereocenters. The third kappa shape index (κ3) is 6.22. The lowest BCUT2D eigenvalue weighted by Gasteiger charge is -2.26. The van der Waals surface area contributed by atoms with Crippen LogP contribution >= 0.6 is 0 Å². The Hall–Kier alpha value is -2.62. The molecule has 3 aromatic carbocycles. The van der Waals surface area contributed by atoms with Gasteiger partial charge in [0.15, 0.2) is 0 Å². The van der Waals surface area contributed by atoms with E-state index < -0.39 is 6.10 Å². The zero-order valence-electron chi connectivity index (χ0n) is 16.7. The summed E-state index contributed by atoms with van der Waals surface area (Å²) in [7, 11) is 1.68. The smallest absolute Gasteiger partial charge is 0.118 e. The van der Waals surface area contributed by atoms with Crippen molar-refractivity contribution in [3.63, 3.8) is 0 Å². The predicted octanol–water partition coefficient (Wildman–Crippen LogP) is 4.61. The summed E-state index contributed by atoms with van der Waals surface area (Å²) in [5.74, 6) is 0.859. The van der Waals surface area contributed by atoms with Crippen LogP contribution in [0, 0.1) is 6.92 Å². The van der Waals surface area contributed by atoms with Gasteiger partial charge in [0, 0.05) is 19.6 Å². The number of methoxy groups -OCH3 is 1. The van der Waals surface area contributed by atoms with Crippen LogP contribution in [0.1, 0.15) is 22.3 Å². The van der Waals surface area contributed by atoms with Crippen molar-refractivity contribution in [1.82, 2.24) is 4.90 Å². The first kappa shape index (κ1) is 20.1. The number of benzene rings is 3. The number of ether oxygens (including phenoxy) is 1. The lowest BCUT2D eigenvalue weighted by molar-refractivity contribution is 0.104. The summed E-state index contributed by atoms with van der Waals surface area (Å²) in [5, 5.41) is 10.7. The van der Waals surface area contributed by atoms with E-state index in [1.165, 1.54) is 16.7 Å². The summed E-state index contributed by atoms with van der Waals surface area (Å²) in [6, 6.07) is 26.9. The highest BCUT2D eigenvalue weighted by Crippen LogP contribution is 2.16. The Labute approximate surface area is 168 Å². The highest BCUT2D eigenvalue weighted by Gasteiger charge is 2.14. The van der Waals surface area contributed by atoms with Gasteiger partial charge < -0.3 is 9.84 Å². The molecule has 0 heterocycles. The summed E-state index contributed by atoms with van der Waals surface area (Å²) >= 11 is 0. The highest BCUT2D eigenvalue weighted by molar-refractivity contribution is 5.27. The van der Waals surface area contributed by atoms with Crippen molar-refractivity contribution < 1.29 is 9.84 Å². The van der Waals surface area contributed by atoms with Gasteiger partial charge >= 0.3 is 0 Å². The number of nitrogens with zero attached hydrogens (tertiary/aromatic N) is 1. The standard InChI is InChI=1S/C25H29NO2/c1-20-7-6-10-23(15-20)18-26(17-22-11-13-25(28-2)14-12-22)19-24(27)16-21-8-4-3-5-9-21/h3-15,24,27H,16-19H2,1-2H3. The van der Waals surface area contributed by atoms with Gasteiger partial charge in [0.25, 0.3) is 0 Å². The average Bonchev–Trinajstić information content (AvgIpc) is 2.69. The van der Waals surface area contributed by atoms with Crippen LogP contribution in [0.4, 0.5) is 0 Å². The molecule has 3 aromatic rings. The predicted molar refractivity (Wildman–Crippen MR) is 114 cm³/mol. The van der Waals surface area contributed by atoms with Crippen molar-refractivity contribution in [2.45, 2.75) is 32.5 Å². The second-order valence-corrected chi connectivity index (χ2v) is 7.35. The zero-order chi connectivity index (χ0) is 19.8. The minimum atomic E-state index is -0.412. The van der Waals surface area contributed by atoms with Crippen molar-refractivity contribution in [1.29, 1.82) is 0 Å². The fraction of sp³-hybridized carbons (Fsp3) is 0.280. The average molecular weight is 376 g/mol. The Balaban J connectivity index is 1.70. The van der Waals surface area contributed by atoms with Gasteiger partial charge in [-0.3, -0.25) is 4.90 Å². The van der Waals surface area contributed by atoms with Crippen LogP contribution in [0.25, 0.3) is 0 Å². The van der Waals surface area contributed by atoms with Crippen LogP contribution < -0.4 is 4.74 Å². The van der Waals surface area contributed by atoms with E-state index in [4.69, 9.17) is 4.74 Å². The summed E-state index contributed by atoms with van der Waals surface area (Å²) in [5.41, 5.74) is 4.89. The molecule has 3 nitrogen and oxygen atoms in total. The van der Waals surface area contributed by atoms with Gasteiger partial charge in [-0.25, -0.2) is 0 Å². The largest absolute Gasteiger partial charge is 0.497 e. The fourth-order valence-electron chi connectivity index (χ4n) is 3.49. The van der Waals surface area contributed by atoms with Gasteiger partial charge in [-0.15, -0.1) is 0 Å². The van der Waals surface area contributed by atoms with E-state index in [-0.39, 0.29) is 0 Å². The number of aliphatic hydroxyl groups excluding tert-OH is 1. The Morgan fingerprint density at radius 1 is 0.821 bits per heavy atom. The molecule has 0 aliphatic carbocycles. The van der Waals surface area contributed by atoms with E-state index in [1.807, 2.05) is 30.3 Å². The van der Waals surface area contributed by atoms with Gasteiger partial charge in [-0.1, -0.05) is 72.3 Å². The lowest BCUT2D eigenvalue weighted by atomic mass is 10.1. The molecule has 0 aliphatic rings. The monoisotopic (exact) mass is 375 g/mol. The number of rotatable bonds is 9. The highest BCUT2D eigenvalue weighted by atomic mass is 16.5. The number of hydrogen-bond acceptors (Lipinski definition) is 3. The molecule has 0 bridgehead atoms. The molecule has 0 aromatic heterocycles. The van der Waals surface area contributed by atoms with Crippen molar-refractivity contribution in [3.05, 3.63) is 101 Å². The molecule has 1 N–H and O–H groups in total. The van der Waals surface area contributed by atoms with Gasteiger partial charge in [0.1, 0.15) is 5.75 Å². The molecule has 0 fully saturated rings. The lowest BCUT2D eigenvalue weighted by Crippen LogP contribution is -2.33. The minimum Gasteiger partial charge on any atom is -0.497 e. The maximum Gasteiger partial charge on any atom is 0.118 e. The molecule has 0 aliphatic heterocycles. The minimum absolute atomic E-state index is 0.412. The number of aliphatic hydroxyl groups is 1. The molecule has 3 rings (SSSR count). The van der Waals surface area contributed by atoms with E-state index in [0.717, 1.165) is 24.4 Å². The van der Waals surface area contributed by atoms with Crippen LogP contribution in [0.3, 0.4) is 0 Å². The third-order valence-corrected chi connectivity index (χ3v) is 4.84. The fourth-order valence-corrected chi connectivity index (χ4v) is 3.49. The number of hydrogen-bond donors (Lipinski definition) is 1. The van der Waals surface area contributed by atoms with Crippen molar-refractivity contribution in [3.8, 4) is 5.75 Å². The molecular formula is C25H29NO2. The summed E-state index contributed by atoms with van der Waals surface area (Å²) < 4.78 is 5.26. The van der Waals surface area contributed by atoms with Crippen molar-refractivity contribution in [2.75, 3.05) is 13.7 Å². The first-order valence-electron chi connectivity index (χ1n) is 9.75. The third-order valence-electron chi connectivity index (χ3n) is 4.84. The van der Waals surface area contributed by atoms with Crippen molar-refractivity contribution in [2.24, 2.45) is 0 Å². The molecular weight excluding hydrogens is 346 g/mol. The van der Waals surface area contributed by atoms with Gasteiger partial charge in [0.05, 0.1) is 13.2 Å². The van der Waals surface area contributed by atoms with Gasteiger partial charge in [-0.2, -0.15) is 0 Å². The summed E-state index contributed by atoms with van der Waals surface area (Å²) in [4.78, 5) is 2.31. The van der Waals surface area contributed by atoms with Gasteiger partial charge in [-0.05, 0) is 42.2 Å². The van der Waals surface area contributed by atoms with Crippen LogP contribution in [-0.4, -0.2) is 29.8 Å². The molecule has 0 radical (unpaired) electrons. The summed E-state index contributed by atoms with van der Waals surface area (Å²) in [6.45, 7) is 4.32. The maximum atomic E-state index is 10.7. The first-order valence-corrected chi connectivity index (χ1v) is 9.75. The summed E-state index contributed by atoms with van der Waals surface area (Å²) in [6.07, 6.45) is 0.249.